The normalized spacial score (nSPS) is 28.8. The number of hydrogen-bond donors (Lipinski definition) is 1. The highest BCUT2D eigenvalue weighted by Crippen LogP contribution is 2.42. The van der Waals surface area contributed by atoms with Crippen LogP contribution in [0.15, 0.2) is 12.1 Å². The van der Waals surface area contributed by atoms with Gasteiger partial charge in [0.15, 0.2) is 16.6 Å². The smallest absolute Gasteiger partial charge is 0.324 e. The van der Waals surface area contributed by atoms with Gasteiger partial charge in [0.1, 0.15) is 18.7 Å². The van der Waals surface area contributed by atoms with E-state index in [-0.39, 0.29) is 24.2 Å². The number of rotatable bonds is 1. The number of hydrogen-bond acceptors (Lipinski definition) is 6. The van der Waals surface area contributed by atoms with Crippen LogP contribution in [0.25, 0.3) is 10.2 Å². The zero-order valence-electron chi connectivity index (χ0n) is 13.2. The van der Waals surface area contributed by atoms with Crippen molar-refractivity contribution in [2.45, 2.75) is 31.5 Å². The van der Waals surface area contributed by atoms with Crippen LogP contribution in [0.1, 0.15) is 13.3 Å². The van der Waals surface area contributed by atoms with E-state index in [9.17, 15) is 4.79 Å². The molecular formula is C16H17N3O4S. The van der Waals surface area contributed by atoms with Crippen LogP contribution in [-0.4, -0.2) is 49.0 Å². The Morgan fingerprint density at radius 1 is 1.33 bits per heavy atom. The van der Waals surface area contributed by atoms with Gasteiger partial charge in [0, 0.05) is 0 Å². The lowest BCUT2D eigenvalue weighted by molar-refractivity contribution is 0.00885. The Hall–Kier alpha value is -2.06. The minimum atomic E-state index is -0.104. The topological polar surface area (TPSA) is 72.9 Å². The van der Waals surface area contributed by atoms with E-state index in [4.69, 9.17) is 19.2 Å². The molecule has 0 bridgehead atoms. The molecule has 8 heteroatoms. The van der Waals surface area contributed by atoms with Gasteiger partial charge in [-0.05, 0) is 25.5 Å². The highest BCUT2D eigenvalue weighted by atomic mass is 32.1. The SMILES string of the molecule is C[C@H]1C[C@@H]2[C@H](CO1)NC(=O)N2c1nc2c3c(ccc2s1)OCCO3. The van der Waals surface area contributed by atoms with E-state index in [0.717, 1.165) is 16.6 Å². The summed E-state index contributed by atoms with van der Waals surface area (Å²) in [5.41, 5.74) is 0.767. The molecule has 2 aromatic rings. The van der Waals surface area contributed by atoms with E-state index < -0.39 is 0 Å². The fourth-order valence-electron chi connectivity index (χ4n) is 3.57. The predicted octanol–water partition coefficient (Wildman–Crippen LogP) is 2.14. The van der Waals surface area contributed by atoms with Gasteiger partial charge in [-0.1, -0.05) is 11.3 Å². The van der Waals surface area contributed by atoms with E-state index in [1.807, 2.05) is 19.1 Å². The Balaban J connectivity index is 1.57. The van der Waals surface area contributed by atoms with Crippen molar-refractivity contribution in [3.8, 4) is 11.5 Å². The molecule has 3 aliphatic rings. The number of carbonyl (C=O) groups excluding carboxylic acids is 1. The summed E-state index contributed by atoms with van der Waals surface area (Å²) in [6, 6.07) is 3.88. The molecule has 24 heavy (non-hydrogen) atoms. The van der Waals surface area contributed by atoms with E-state index in [0.29, 0.717) is 36.5 Å². The first-order valence-corrected chi connectivity index (χ1v) is 8.93. The molecule has 0 radical (unpaired) electrons. The third-order valence-electron chi connectivity index (χ3n) is 4.72. The van der Waals surface area contributed by atoms with Crippen LogP contribution in [-0.2, 0) is 4.74 Å². The van der Waals surface area contributed by atoms with Crippen LogP contribution in [0.3, 0.4) is 0 Å². The molecule has 5 rings (SSSR count). The zero-order chi connectivity index (χ0) is 16.3. The molecule has 126 valence electrons. The van der Waals surface area contributed by atoms with Gasteiger partial charge < -0.3 is 19.5 Å². The van der Waals surface area contributed by atoms with Crippen LogP contribution in [0.2, 0.25) is 0 Å². The fraction of sp³-hybridized carbons (Fsp3) is 0.500. The number of ether oxygens (including phenoxy) is 3. The molecule has 2 fully saturated rings. The van der Waals surface area contributed by atoms with Crippen LogP contribution < -0.4 is 19.7 Å². The van der Waals surface area contributed by atoms with E-state index in [1.54, 1.807) is 4.90 Å². The largest absolute Gasteiger partial charge is 0.486 e. The number of nitrogens with zero attached hydrogens (tertiary/aromatic N) is 2. The van der Waals surface area contributed by atoms with Crippen LogP contribution in [0.5, 0.6) is 11.5 Å². The first kappa shape index (κ1) is 14.3. The maximum atomic E-state index is 12.5. The first-order valence-electron chi connectivity index (χ1n) is 8.11. The van der Waals surface area contributed by atoms with E-state index >= 15 is 0 Å². The molecule has 0 saturated carbocycles. The molecule has 1 aromatic heterocycles. The summed E-state index contributed by atoms with van der Waals surface area (Å²) < 4.78 is 18.0. The number of thiazole rings is 1. The van der Waals surface area contributed by atoms with Gasteiger partial charge in [-0.25, -0.2) is 9.78 Å². The lowest BCUT2D eigenvalue weighted by atomic mass is 10.0. The van der Waals surface area contributed by atoms with Gasteiger partial charge >= 0.3 is 6.03 Å². The maximum absolute atomic E-state index is 12.5. The maximum Gasteiger partial charge on any atom is 0.324 e. The third kappa shape index (κ3) is 2.06. The Kier molecular flexibility index (Phi) is 3.11. The molecule has 1 aromatic carbocycles. The van der Waals surface area contributed by atoms with Crippen molar-refractivity contribution in [1.29, 1.82) is 0 Å². The molecule has 2 amide bonds. The number of amides is 2. The Morgan fingerprint density at radius 3 is 3.12 bits per heavy atom. The van der Waals surface area contributed by atoms with Crippen LogP contribution in [0.4, 0.5) is 9.93 Å². The van der Waals surface area contributed by atoms with E-state index in [1.165, 1.54) is 11.3 Å². The summed E-state index contributed by atoms with van der Waals surface area (Å²) in [6.45, 7) is 3.65. The molecule has 4 heterocycles. The second-order valence-electron chi connectivity index (χ2n) is 6.31. The Labute approximate surface area is 142 Å². The Morgan fingerprint density at radius 2 is 2.21 bits per heavy atom. The zero-order valence-corrected chi connectivity index (χ0v) is 14.0. The number of carbonyl (C=O) groups is 1. The van der Waals surface area contributed by atoms with Crippen molar-refractivity contribution in [1.82, 2.24) is 10.3 Å². The highest BCUT2D eigenvalue weighted by molar-refractivity contribution is 7.22. The van der Waals surface area contributed by atoms with Crippen LogP contribution >= 0.6 is 11.3 Å². The van der Waals surface area contributed by atoms with Crippen molar-refractivity contribution >= 4 is 32.7 Å². The van der Waals surface area contributed by atoms with Crippen LogP contribution in [0, 0.1) is 0 Å². The summed E-state index contributed by atoms with van der Waals surface area (Å²) >= 11 is 1.51. The van der Waals surface area contributed by atoms with Crippen molar-refractivity contribution in [2.24, 2.45) is 0 Å². The van der Waals surface area contributed by atoms with Crippen molar-refractivity contribution < 1.29 is 19.0 Å². The molecule has 2 saturated heterocycles. The summed E-state index contributed by atoms with van der Waals surface area (Å²) in [6.07, 6.45) is 0.942. The fourth-order valence-corrected chi connectivity index (χ4v) is 4.59. The van der Waals surface area contributed by atoms with Gasteiger partial charge in [-0.2, -0.15) is 0 Å². The summed E-state index contributed by atoms with van der Waals surface area (Å²) in [5, 5.41) is 3.70. The molecule has 0 spiro atoms. The number of anilines is 1. The second kappa shape index (κ2) is 5.22. The summed E-state index contributed by atoms with van der Waals surface area (Å²) in [5.74, 6) is 1.40. The van der Waals surface area contributed by atoms with Crippen molar-refractivity contribution in [3.05, 3.63) is 12.1 Å². The first-order chi connectivity index (χ1) is 11.7. The number of urea groups is 1. The highest BCUT2D eigenvalue weighted by Gasteiger charge is 2.45. The molecule has 3 atom stereocenters. The molecular weight excluding hydrogens is 330 g/mol. The van der Waals surface area contributed by atoms with Crippen molar-refractivity contribution in [3.63, 3.8) is 0 Å². The van der Waals surface area contributed by atoms with Gasteiger partial charge in [-0.15, -0.1) is 0 Å². The van der Waals surface area contributed by atoms with Gasteiger partial charge in [0.2, 0.25) is 0 Å². The minimum absolute atomic E-state index is 0.0224. The number of aromatic nitrogens is 1. The van der Waals surface area contributed by atoms with Gasteiger partial charge in [-0.3, -0.25) is 4.90 Å². The van der Waals surface area contributed by atoms with Gasteiger partial charge in [0.25, 0.3) is 0 Å². The molecule has 0 unspecified atom stereocenters. The monoisotopic (exact) mass is 347 g/mol. The van der Waals surface area contributed by atoms with Gasteiger partial charge in [0.05, 0.1) is 29.5 Å². The molecule has 3 aliphatic heterocycles. The lowest BCUT2D eigenvalue weighted by Crippen LogP contribution is -2.46. The second-order valence-corrected chi connectivity index (χ2v) is 7.32. The number of benzene rings is 1. The summed E-state index contributed by atoms with van der Waals surface area (Å²) in [7, 11) is 0. The quantitative estimate of drug-likeness (QED) is 0.856. The van der Waals surface area contributed by atoms with E-state index in [2.05, 4.69) is 5.32 Å². The lowest BCUT2D eigenvalue weighted by Gasteiger charge is -2.32. The summed E-state index contributed by atoms with van der Waals surface area (Å²) in [4.78, 5) is 19.0. The Bertz CT molecular complexity index is 823. The standard InChI is InChI=1S/C16H17N3O4S/c1-8-6-10-9(7-23-8)17-15(20)19(10)16-18-13-12(24-16)3-2-11-14(13)22-5-4-21-11/h2-3,8-10H,4-7H2,1H3,(H,17,20)/t8-,9-,10+/m0/s1. The van der Waals surface area contributed by atoms with Crippen molar-refractivity contribution in [2.75, 3.05) is 24.7 Å². The average molecular weight is 347 g/mol. The average Bonchev–Trinajstić information content (AvgIpc) is 3.14. The molecule has 1 N–H and O–H groups in total. The predicted molar refractivity (Wildman–Crippen MR) is 89.2 cm³/mol. The molecule has 7 nitrogen and oxygen atoms in total. The number of fused-ring (bicyclic) bond motifs is 4. The number of nitrogens with one attached hydrogen (secondary N) is 1. The minimum Gasteiger partial charge on any atom is -0.486 e. The molecule has 0 aliphatic carbocycles. The third-order valence-corrected chi connectivity index (χ3v) is 5.74.